The lowest BCUT2D eigenvalue weighted by atomic mass is 9.82. The molecule has 1 fully saturated rings. The van der Waals surface area contributed by atoms with Gasteiger partial charge in [-0.2, -0.15) is 0 Å². The highest BCUT2D eigenvalue weighted by Gasteiger charge is 2.30. The normalized spacial score (nSPS) is 20.7. The van der Waals surface area contributed by atoms with Gasteiger partial charge in [-0.3, -0.25) is 0 Å². The number of ether oxygens (including phenoxy) is 1. The number of hydrogen-bond donors (Lipinski definition) is 1. The summed E-state index contributed by atoms with van der Waals surface area (Å²) in [5.41, 5.74) is 0.169. The Bertz CT molecular complexity index is 380. The molecule has 0 spiro atoms. The lowest BCUT2D eigenvalue weighted by molar-refractivity contribution is -0.000205. The van der Waals surface area contributed by atoms with Crippen molar-refractivity contribution in [1.29, 1.82) is 0 Å². The second kappa shape index (κ2) is 4.69. The van der Waals surface area contributed by atoms with Crippen LogP contribution in [0.2, 0.25) is 0 Å². The molecular formula is C15H22O2. The molecule has 1 aromatic carbocycles. The van der Waals surface area contributed by atoms with Crippen LogP contribution in [0.3, 0.4) is 0 Å². The van der Waals surface area contributed by atoms with Crippen LogP contribution in [-0.4, -0.2) is 11.2 Å². The summed E-state index contributed by atoms with van der Waals surface area (Å²) in [4.78, 5) is 0. The molecule has 1 N–H and O–H groups in total. The standard InChI is InChI=1S/C15H22O2/c1-4-11(2)15(3,16)12-6-5-7-14(10-12)17-13-8-9-13/h5-7,10-11,13,16H,4,8-9H2,1-3H3. The van der Waals surface area contributed by atoms with Gasteiger partial charge in [-0.25, -0.2) is 0 Å². The molecular weight excluding hydrogens is 212 g/mol. The summed E-state index contributed by atoms with van der Waals surface area (Å²) in [5, 5.41) is 10.6. The minimum Gasteiger partial charge on any atom is -0.490 e. The first kappa shape index (κ1) is 12.4. The van der Waals surface area contributed by atoms with Crippen molar-refractivity contribution in [3.8, 4) is 5.75 Å². The Morgan fingerprint density at radius 1 is 1.47 bits per heavy atom. The summed E-state index contributed by atoms with van der Waals surface area (Å²) in [6.45, 7) is 6.06. The first-order valence-electron chi connectivity index (χ1n) is 6.53. The molecule has 0 radical (unpaired) electrons. The topological polar surface area (TPSA) is 29.5 Å². The zero-order valence-electron chi connectivity index (χ0n) is 10.9. The number of benzene rings is 1. The highest BCUT2D eigenvalue weighted by molar-refractivity contribution is 5.32. The lowest BCUT2D eigenvalue weighted by Crippen LogP contribution is -2.29. The van der Waals surface area contributed by atoms with Crippen molar-refractivity contribution >= 4 is 0 Å². The van der Waals surface area contributed by atoms with Gasteiger partial charge in [0.1, 0.15) is 5.75 Å². The molecule has 17 heavy (non-hydrogen) atoms. The molecule has 1 aromatic rings. The van der Waals surface area contributed by atoms with E-state index in [1.54, 1.807) is 0 Å². The SMILES string of the molecule is CCC(C)C(C)(O)c1cccc(OC2CC2)c1. The van der Waals surface area contributed by atoms with E-state index in [4.69, 9.17) is 4.74 Å². The smallest absolute Gasteiger partial charge is 0.120 e. The summed E-state index contributed by atoms with van der Waals surface area (Å²) in [6, 6.07) is 7.88. The Balaban J connectivity index is 2.18. The molecule has 0 heterocycles. The molecule has 2 unspecified atom stereocenters. The van der Waals surface area contributed by atoms with Crippen molar-refractivity contribution in [3.63, 3.8) is 0 Å². The Hall–Kier alpha value is -1.02. The number of aliphatic hydroxyl groups is 1. The highest BCUT2D eigenvalue weighted by atomic mass is 16.5. The molecule has 0 bridgehead atoms. The third-order valence-electron chi connectivity index (χ3n) is 3.82. The van der Waals surface area contributed by atoms with Crippen molar-refractivity contribution in [1.82, 2.24) is 0 Å². The van der Waals surface area contributed by atoms with E-state index in [9.17, 15) is 5.11 Å². The maximum atomic E-state index is 10.6. The first-order chi connectivity index (χ1) is 8.04. The predicted molar refractivity (Wildman–Crippen MR) is 69.1 cm³/mol. The molecule has 2 atom stereocenters. The van der Waals surface area contributed by atoms with Crippen LogP contribution in [-0.2, 0) is 5.60 Å². The average Bonchev–Trinajstić information content (AvgIpc) is 3.12. The van der Waals surface area contributed by atoms with Crippen molar-refractivity contribution in [3.05, 3.63) is 29.8 Å². The third-order valence-corrected chi connectivity index (χ3v) is 3.82. The molecule has 2 nitrogen and oxygen atoms in total. The summed E-state index contributed by atoms with van der Waals surface area (Å²) < 4.78 is 5.76. The molecule has 94 valence electrons. The van der Waals surface area contributed by atoms with Crippen molar-refractivity contribution in [2.45, 2.75) is 51.7 Å². The number of hydrogen-bond acceptors (Lipinski definition) is 2. The maximum Gasteiger partial charge on any atom is 0.120 e. The van der Waals surface area contributed by atoms with E-state index >= 15 is 0 Å². The highest BCUT2D eigenvalue weighted by Crippen LogP contribution is 2.34. The fourth-order valence-electron chi connectivity index (χ4n) is 1.94. The van der Waals surface area contributed by atoms with Gasteiger partial charge in [0.25, 0.3) is 0 Å². The molecule has 1 aliphatic carbocycles. The maximum absolute atomic E-state index is 10.6. The average molecular weight is 234 g/mol. The lowest BCUT2D eigenvalue weighted by Gasteiger charge is -2.30. The van der Waals surface area contributed by atoms with Crippen LogP contribution < -0.4 is 4.74 Å². The predicted octanol–water partition coefficient (Wildman–Crippen LogP) is 3.48. The Morgan fingerprint density at radius 2 is 2.18 bits per heavy atom. The van der Waals surface area contributed by atoms with Crippen LogP contribution in [0.25, 0.3) is 0 Å². The van der Waals surface area contributed by atoms with E-state index in [-0.39, 0.29) is 5.92 Å². The van der Waals surface area contributed by atoms with Gasteiger partial charge in [0, 0.05) is 0 Å². The van der Waals surface area contributed by atoms with Gasteiger partial charge in [0.2, 0.25) is 0 Å². The Morgan fingerprint density at radius 3 is 2.76 bits per heavy atom. The molecule has 2 heteroatoms. The summed E-state index contributed by atoms with van der Waals surface area (Å²) in [5.74, 6) is 1.12. The van der Waals surface area contributed by atoms with E-state index < -0.39 is 5.60 Å². The summed E-state index contributed by atoms with van der Waals surface area (Å²) >= 11 is 0. The van der Waals surface area contributed by atoms with E-state index in [1.807, 2.05) is 31.2 Å². The molecule has 1 saturated carbocycles. The monoisotopic (exact) mass is 234 g/mol. The minimum atomic E-state index is -0.780. The van der Waals surface area contributed by atoms with Crippen molar-refractivity contribution < 1.29 is 9.84 Å². The second-order valence-corrected chi connectivity index (χ2v) is 5.30. The van der Waals surface area contributed by atoms with Gasteiger partial charge in [-0.15, -0.1) is 0 Å². The van der Waals surface area contributed by atoms with Gasteiger partial charge in [0.15, 0.2) is 0 Å². The Labute approximate surface area is 104 Å². The summed E-state index contributed by atoms with van der Waals surface area (Å²) in [6.07, 6.45) is 3.68. The quantitative estimate of drug-likeness (QED) is 0.845. The van der Waals surface area contributed by atoms with Gasteiger partial charge in [-0.1, -0.05) is 32.4 Å². The van der Waals surface area contributed by atoms with E-state index in [0.29, 0.717) is 6.10 Å². The van der Waals surface area contributed by atoms with Crippen LogP contribution >= 0.6 is 0 Å². The van der Waals surface area contributed by atoms with Crippen LogP contribution in [0.15, 0.2) is 24.3 Å². The van der Waals surface area contributed by atoms with Gasteiger partial charge in [-0.05, 0) is 43.4 Å². The van der Waals surface area contributed by atoms with Crippen molar-refractivity contribution in [2.24, 2.45) is 5.92 Å². The minimum absolute atomic E-state index is 0.235. The molecule has 2 rings (SSSR count). The summed E-state index contributed by atoms with van der Waals surface area (Å²) in [7, 11) is 0. The van der Waals surface area contributed by atoms with E-state index in [0.717, 1.165) is 30.6 Å². The zero-order valence-corrected chi connectivity index (χ0v) is 10.9. The largest absolute Gasteiger partial charge is 0.490 e. The van der Waals surface area contributed by atoms with Crippen LogP contribution in [0.4, 0.5) is 0 Å². The van der Waals surface area contributed by atoms with Gasteiger partial charge >= 0.3 is 0 Å². The molecule has 0 saturated heterocycles. The number of rotatable bonds is 5. The van der Waals surface area contributed by atoms with Crippen LogP contribution in [0.1, 0.15) is 45.6 Å². The first-order valence-corrected chi connectivity index (χ1v) is 6.53. The third kappa shape index (κ3) is 2.81. The Kier molecular flexibility index (Phi) is 3.43. The molecule has 0 amide bonds. The van der Waals surface area contributed by atoms with Crippen LogP contribution in [0.5, 0.6) is 5.75 Å². The van der Waals surface area contributed by atoms with Gasteiger partial charge in [0.05, 0.1) is 11.7 Å². The van der Waals surface area contributed by atoms with Gasteiger partial charge < -0.3 is 9.84 Å². The molecule has 0 aromatic heterocycles. The van der Waals surface area contributed by atoms with Crippen molar-refractivity contribution in [2.75, 3.05) is 0 Å². The zero-order chi connectivity index (χ0) is 12.5. The fraction of sp³-hybridized carbons (Fsp3) is 0.600. The second-order valence-electron chi connectivity index (χ2n) is 5.30. The van der Waals surface area contributed by atoms with E-state index in [1.165, 1.54) is 0 Å². The van der Waals surface area contributed by atoms with E-state index in [2.05, 4.69) is 13.8 Å². The molecule has 1 aliphatic rings. The van der Waals surface area contributed by atoms with Crippen LogP contribution in [0, 0.1) is 5.92 Å². The molecule has 0 aliphatic heterocycles. The fourth-order valence-corrected chi connectivity index (χ4v) is 1.94.